The molecule has 3 N–H and O–H groups in total. The molecule has 0 saturated heterocycles. The van der Waals surface area contributed by atoms with Crippen molar-refractivity contribution < 1.29 is 13.2 Å². The van der Waals surface area contributed by atoms with Crippen LogP contribution in [-0.2, 0) is 14.8 Å². The molecule has 0 heterocycles. The lowest BCUT2D eigenvalue weighted by Crippen LogP contribution is -2.39. The lowest BCUT2D eigenvalue weighted by atomic mass is 10.1. The van der Waals surface area contributed by atoms with Gasteiger partial charge in [-0.1, -0.05) is 24.6 Å². The van der Waals surface area contributed by atoms with Gasteiger partial charge in [0.1, 0.15) is 0 Å². The molecule has 1 unspecified atom stereocenters. The van der Waals surface area contributed by atoms with Crippen LogP contribution in [0, 0.1) is 12.8 Å². The van der Waals surface area contributed by atoms with E-state index >= 15 is 0 Å². The van der Waals surface area contributed by atoms with Gasteiger partial charge in [-0.05, 0) is 26.1 Å². The van der Waals surface area contributed by atoms with Crippen LogP contribution in [0.3, 0.4) is 0 Å². The third kappa shape index (κ3) is 6.74. The molecule has 0 aliphatic rings. The number of sulfonamides is 1. The Bertz CT molecular complexity index is 561. The number of carbonyl (C=O) groups is 1. The Kier molecular flexibility index (Phi) is 9.27. The Balaban J connectivity index is 0.00000441. The van der Waals surface area contributed by atoms with Gasteiger partial charge < -0.3 is 10.6 Å². The summed E-state index contributed by atoms with van der Waals surface area (Å²) in [6.45, 7) is 4.71. The highest BCUT2D eigenvalue weighted by Gasteiger charge is 2.14. The number of rotatable bonds is 8. The van der Waals surface area contributed by atoms with Crippen molar-refractivity contribution in [1.82, 2.24) is 15.4 Å². The van der Waals surface area contributed by atoms with E-state index in [2.05, 4.69) is 15.4 Å². The minimum absolute atomic E-state index is 0. The summed E-state index contributed by atoms with van der Waals surface area (Å²) in [5.41, 5.74) is 1.000. The molecular weight excluding hydrogens is 326 g/mol. The minimum Gasteiger partial charge on any atom is -0.355 e. The van der Waals surface area contributed by atoms with Gasteiger partial charge in [0.15, 0.2) is 0 Å². The number of hydrogen-bond acceptors (Lipinski definition) is 4. The van der Waals surface area contributed by atoms with E-state index in [0.29, 0.717) is 6.54 Å². The molecule has 1 aromatic rings. The Labute approximate surface area is 138 Å². The summed E-state index contributed by atoms with van der Waals surface area (Å²) in [5, 5.41) is 5.61. The molecule has 1 amide bonds. The number of halogens is 1. The second kappa shape index (κ2) is 9.78. The predicted octanol–water partition coefficient (Wildman–Crippen LogP) is 0.667. The standard InChI is InChI=1S/C14H23N3O3S.ClH/c1-11-4-6-13(7-5-11)21(19,20)17-9-8-16-14(18)12(2)10-15-3;/h4-7,12,15,17H,8-10H2,1-3H3,(H,16,18);1H. The molecule has 0 aliphatic carbocycles. The van der Waals surface area contributed by atoms with Crippen LogP contribution in [0.15, 0.2) is 29.2 Å². The van der Waals surface area contributed by atoms with E-state index in [0.717, 1.165) is 5.56 Å². The van der Waals surface area contributed by atoms with Gasteiger partial charge in [-0.15, -0.1) is 12.4 Å². The van der Waals surface area contributed by atoms with Crippen molar-refractivity contribution in [3.8, 4) is 0 Å². The van der Waals surface area contributed by atoms with E-state index in [1.807, 2.05) is 13.8 Å². The van der Waals surface area contributed by atoms with Gasteiger partial charge >= 0.3 is 0 Å². The number of hydrogen-bond donors (Lipinski definition) is 3. The Morgan fingerprint density at radius 3 is 2.32 bits per heavy atom. The van der Waals surface area contributed by atoms with Crippen LogP contribution in [-0.4, -0.2) is 41.0 Å². The zero-order chi connectivity index (χ0) is 15.9. The van der Waals surface area contributed by atoms with Crippen molar-refractivity contribution in [3.05, 3.63) is 29.8 Å². The molecule has 0 radical (unpaired) electrons. The van der Waals surface area contributed by atoms with Gasteiger partial charge in [0, 0.05) is 25.6 Å². The summed E-state index contributed by atoms with van der Waals surface area (Å²) in [7, 11) is -1.74. The van der Waals surface area contributed by atoms with E-state index in [1.54, 1.807) is 31.3 Å². The first-order valence-corrected chi connectivity index (χ1v) is 8.34. The number of carbonyl (C=O) groups excluding carboxylic acids is 1. The zero-order valence-corrected chi connectivity index (χ0v) is 14.7. The molecule has 6 nitrogen and oxygen atoms in total. The second-order valence-electron chi connectivity index (χ2n) is 4.96. The van der Waals surface area contributed by atoms with Gasteiger partial charge in [-0.3, -0.25) is 4.79 Å². The summed E-state index contributed by atoms with van der Waals surface area (Å²) in [5.74, 6) is -0.248. The van der Waals surface area contributed by atoms with E-state index in [9.17, 15) is 13.2 Å². The number of amides is 1. The van der Waals surface area contributed by atoms with Crippen LogP contribution in [0.1, 0.15) is 12.5 Å². The van der Waals surface area contributed by atoms with Crippen LogP contribution in [0.5, 0.6) is 0 Å². The highest BCUT2D eigenvalue weighted by molar-refractivity contribution is 7.89. The average molecular weight is 350 g/mol. The second-order valence-corrected chi connectivity index (χ2v) is 6.73. The van der Waals surface area contributed by atoms with Crippen LogP contribution in [0.4, 0.5) is 0 Å². The van der Waals surface area contributed by atoms with Gasteiger partial charge in [0.05, 0.1) is 4.90 Å². The van der Waals surface area contributed by atoms with Crippen LogP contribution in [0.25, 0.3) is 0 Å². The quantitative estimate of drug-likeness (QED) is 0.602. The van der Waals surface area contributed by atoms with Crippen molar-refractivity contribution in [2.24, 2.45) is 5.92 Å². The fourth-order valence-corrected chi connectivity index (χ4v) is 2.78. The summed E-state index contributed by atoms with van der Waals surface area (Å²) in [6.07, 6.45) is 0. The van der Waals surface area contributed by atoms with Gasteiger partial charge in [-0.25, -0.2) is 13.1 Å². The van der Waals surface area contributed by atoms with Crippen molar-refractivity contribution in [2.45, 2.75) is 18.7 Å². The molecule has 126 valence electrons. The lowest BCUT2D eigenvalue weighted by Gasteiger charge is -2.12. The van der Waals surface area contributed by atoms with Gasteiger partial charge in [0.25, 0.3) is 0 Å². The first-order chi connectivity index (χ1) is 9.86. The molecular formula is C14H24ClN3O3S. The Hall–Kier alpha value is -1.15. The molecule has 22 heavy (non-hydrogen) atoms. The number of aryl methyl sites for hydroxylation is 1. The molecule has 0 bridgehead atoms. The van der Waals surface area contributed by atoms with Crippen molar-refractivity contribution in [3.63, 3.8) is 0 Å². The topological polar surface area (TPSA) is 87.3 Å². The van der Waals surface area contributed by atoms with E-state index in [-0.39, 0.29) is 42.2 Å². The molecule has 0 fully saturated rings. The first-order valence-electron chi connectivity index (χ1n) is 6.85. The SMILES string of the molecule is CNCC(C)C(=O)NCCNS(=O)(=O)c1ccc(C)cc1.Cl. The van der Waals surface area contributed by atoms with Crippen molar-refractivity contribution in [1.29, 1.82) is 0 Å². The Morgan fingerprint density at radius 2 is 1.77 bits per heavy atom. The summed E-state index contributed by atoms with van der Waals surface area (Å²) in [4.78, 5) is 11.9. The summed E-state index contributed by atoms with van der Waals surface area (Å²) >= 11 is 0. The Morgan fingerprint density at radius 1 is 1.18 bits per heavy atom. The van der Waals surface area contributed by atoms with Crippen LogP contribution >= 0.6 is 12.4 Å². The first kappa shape index (κ1) is 20.9. The maximum absolute atomic E-state index is 12.0. The molecule has 1 atom stereocenters. The molecule has 8 heteroatoms. The third-order valence-electron chi connectivity index (χ3n) is 3.01. The van der Waals surface area contributed by atoms with E-state index < -0.39 is 10.0 Å². The largest absolute Gasteiger partial charge is 0.355 e. The zero-order valence-electron chi connectivity index (χ0n) is 13.0. The third-order valence-corrected chi connectivity index (χ3v) is 4.48. The minimum atomic E-state index is -3.52. The van der Waals surface area contributed by atoms with Crippen molar-refractivity contribution in [2.75, 3.05) is 26.7 Å². The monoisotopic (exact) mass is 349 g/mol. The molecule has 1 rings (SSSR count). The fraction of sp³-hybridized carbons (Fsp3) is 0.500. The maximum atomic E-state index is 12.0. The maximum Gasteiger partial charge on any atom is 0.240 e. The molecule has 0 saturated carbocycles. The van der Waals surface area contributed by atoms with Gasteiger partial charge in [0.2, 0.25) is 15.9 Å². The predicted molar refractivity (Wildman–Crippen MR) is 89.7 cm³/mol. The van der Waals surface area contributed by atoms with Gasteiger partial charge in [-0.2, -0.15) is 0 Å². The normalized spacial score (nSPS) is 12.3. The lowest BCUT2D eigenvalue weighted by molar-refractivity contribution is -0.124. The highest BCUT2D eigenvalue weighted by Crippen LogP contribution is 2.09. The van der Waals surface area contributed by atoms with Crippen molar-refractivity contribution >= 4 is 28.3 Å². The summed E-state index contributed by atoms with van der Waals surface area (Å²) in [6, 6.07) is 6.61. The highest BCUT2D eigenvalue weighted by atomic mass is 35.5. The molecule has 1 aromatic carbocycles. The molecule has 0 spiro atoms. The molecule has 0 aromatic heterocycles. The average Bonchev–Trinajstić information content (AvgIpc) is 2.44. The van der Waals surface area contributed by atoms with Crippen LogP contribution < -0.4 is 15.4 Å². The molecule has 0 aliphatic heterocycles. The van der Waals surface area contributed by atoms with Crippen LogP contribution in [0.2, 0.25) is 0 Å². The number of benzene rings is 1. The fourth-order valence-electron chi connectivity index (χ4n) is 1.74. The van der Waals surface area contributed by atoms with E-state index in [1.165, 1.54) is 0 Å². The smallest absolute Gasteiger partial charge is 0.240 e. The van der Waals surface area contributed by atoms with E-state index in [4.69, 9.17) is 0 Å². The summed E-state index contributed by atoms with van der Waals surface area (Å²) < 4.78 is 26.4. The number of nitrogens with one attached hydrogen (secondary N) is 3.